The number of aromatic nitrogens is 2. The predicted octanol–water partition coefficient (Wildman–Crippen LogP) is 8.15. The Bertz CT molecular complexity index is 1890. The highest BCUT2D eigenvalue weighted by Crippen LogP contribution is 2.33. The minimum absolute atomic E-state index is 0.0648. The monoisotopic (exact) mass is 905 g/mol. The van der Waals surface area contributed by atoms with E-state index in [2.05, 4.69) is 99.6 Å². The number of aliphatic hydroxyl groups excluding tert-OH is 2. The molecule has 2 unspecified atom stereocenters. The summed E-state index contributed by atoms with van der Waals surface area (Å²) < 4.78 is 53.8. The van der Waals surface area contributed by atoms with Gasteiger partial charge in [0.05, 0.1) is 29.9 Å². The van der Waals surface area contributed by atoms with Crippen molar-refractivity contribution < 1.29 is 46.8 Å². The van der Waals surface area contributed by atoms with Gasteiger partial charge in [-0.25, -0.2) is 19.2 Å². The predicted molar refractivity (Wildman–Crippen MR) is 241 cm³/mol. The van der Waals surface area contributed by atoms with Crippen molar-refractivity contribution in [2.24, 2.45) is 5.73 Å². The molecule has 0 saturated carbocycles. The number of thiazole rings is 1. The van der Waals surface area contributed by atoms with Crippen molar-refractivity contribution >= 4 is 22.6 Å². The van der Waals surface area contributed by atoms with Crippen LogP contribution in [-0.2, 0) is 11.3 Å². The highest BCUT2D eigenvalue weighted by atomic mass is 32.1. The van der Waals surface area contributed by atoms with Gasteiger partial charge in [-0.3, -0.25) is 4.74 Å². The molecule has 8 N–H and O–H groups in total. The minimum atomic E-state index is -4.53. The molecule has 3 saturated heterocycles. The van der Waals surface area contributed by atoms with Gasteiger partial charge in [-0.05, 0) is 69.5 Å². The molecular weight excluding hydrogens is 843 g/mol. The van der Waals surface area contributed by atoms with Gasteiger partial charge >= 0.3 is 12.5 Å². The van der Waals surface area contributed by atoms with Gasteiger partial charge in [0.25, 0.3) is 0 Å². The molecule has 2 atom stereocenters. The van der Waals surface area contributed by atoms with E-state index in [1.807, 2.05) is 18.3 Å². The number of nitrogens with zero attached hydrogens (tertiary/aromatic N) is 3. The second-order valence-electron chi connectivity index (χ2n) is 14.3. The zero-order valence-corrected chi connectivity index (χ0v) is 37.2. The first-order valence-electron chi connectivity index (χ1n) is 20.8. The normalized spacial score (nSPS) is 15.9. The summed E-state index contributed by atoms with van der Waals surface area (Å²) in [4.78, 5) is 22.0. The van der Waals surface area contributed by atoms with Crippen LogP contribution >= 0.6 is 11.3 Å². The summed E-state index contributed by atoms with van der Waals surface area (Å²) in [6, 6.07) is 22.6. The van der Waals surface area contributed by atoms with E-state index < -0.39 is 19.1 Å². The molecule has 3 aliphatic heterocycles. The largest absolute Gasteiger partial charge is 0.522 e. The average molecular weight is 906 g/mol. The Morgan fingerprint density at radius 1 is 0.937 bits per heavy atom. The molecule has 3 aromatic carbocycles. The molecule has 8 rings (SSSR count). The molecule has 2 aromatic heterocycles. The van der Waals surface area contributed by atoms with Gasteiger partial charge in [-0.15, -0.1) is 13.2 Å². The lowest BCUT2D eigenvalue weighted by atomic mass is 10.1. The van der Waals surface area contributed by atoms with E-state index in [4.69, 9.17) is 25.5 Å². The first-order chi connectivity index (χ1) is 30.1. The van der Waals surface area contributed by atoms with E-state index >= 15 is 0 Å². The second kappa shape index (κ2) is 31.0. The van der Waals surface area contributed by atoms with Crippen molar-refractivity contribution in [2.75, 3.05) is 57.3 Å². The lowest BCUT2D eigenvalue weighted by Gasteiger charge is -2.30. The van der Waals surface area contributed by atoms with Crippen LogP contribution in [-0.4, -0.2) is 102 Å². The van der Waals surface area contributed by atoms with Crippen LogP contribution in [0.2, 0.25) is 0 Å². The van der Waals surface area contributed by atoms with Crippen LogP contribution in [0.3, 0.4) is 0 Å². The number of aryl methyl sites for hydroxylation is 2. The van der Waals surface area contributed by atoms with Crippen LogP contribution in [0.5, 0.6) is 0 Å². The van der Waals surface area contributed by atoms with Crippen LogP contribution in [0.15, 0.2) is 96.0 Å². The van der Waals surface area contributed by atoms with Crippen molar-refractivity contribution in [1.29, 1.82) is 0 Å². The molecule has 0 aliphatic carbocycles. The molecular formula is C45H63F4N7O6S. The second-order valence-corrected chi connectivity index (χ2v) is 15.3. The number of β-amino-alcohol motifs (C(OH)–C–C–N with tert-alkyl or cyclic N) is 2. The third-order valence-corrected chi connectivity index (χ3v) is 9.62. The Hall–Kier alpha value is -4.95. The summed E-state index contributed by atoms with van der Waals surface area (Å²) in [7, 11) is 0. The Kier molecular flexibility index (Phi) is 26.7. The van der Waals surface area contributed by atoms with Gasteiger partial charge in [-0.1, -0.05) is 103 Å². The molecule has 1 amide bonds. The standard InChI is InChI=1S/C13H14N2S.C10H9NO.C8H8FNO2.2C4H9NO.C3H6F3NO.C3H8/c1-10-3-5-11(6-4-10)12-9-14-13(16-12)15-7-2-8-15;1-8-2-4-9(5-3-8)10-6-11-7-12-10;9-7-3-1-2-6(4-7)5-10-8(11)12;2*6-4-1-2-5-3-4;4-3(5,6)8-2-1-7;1-3-2/h3-6,9H,2,7-8H2,1H3;2-7H,1H3;1-4,10H,5H2,(H,11,12);2*4-6H,1-3H2;1-2,7H2;3H2,1-2H3. The third kappa shape index (κ3) is 25.1. The number of ether oxygens (including phenoxy) is 1. The lowest BCUT2D eigenvalue weighted by Crippen LogP contribution is -2.36. The van der Waals surface area contributed by atoms with E-state index in [1.165, 1.54) is 77.2 Å². The minimum Gasteiger partial charge on any atom is -0.465 e. The van der Waals surface area contributed by atoms with E-state index in [0.717, 1.165) is 50.3 Å². The number of alkyl halides is 3. The van der Waals surface area contributed by atoms with Crippen LogP contribution in [0, 0.1) is 19.7 Å². The zero-order valence-electron chi connectivity index (χ0n) is 36.4. The van der Waals surface area contributed by atoms with Crippen molar-refractivity contribution in [2.45, 2.75) is 78.5 Å². The molecule has 5 heterocycles. The van der Waals surface area contributed by atoms with Crippen molar-refractivity contribution in [1.82, 2.24) is 25.9 Å². The van der Waals surface area contributed by atoms with E-state index in [1.54, 1.807) is 23.6 Å². The number of nitrogens with two attached hydrogens (primary N) is 1. The Labute approximate surface area is 371 Å². The number of benzene rings is 3. The molecule has 18 heteroatoms. The lowest BCUT2D eigenvalue weighted by molar-refractivity contribution is -0.323. The Morgan fingerprint density at radius 2 is 1.51 bits per heavy atom. The first-order valence-corrected chi connectivity index (χ1v) is 21.6. The summed E-state index contributed by atoms with van der Waals surface area (Å²) in [5.41, 5.74) is 10.2. The van der Waals surface area contributed by atoms with Gasteiger partial charge in [-0.2, -0.15) is 0 Å². The van der Waals surface area contributed by atoms with E-state index in [9.17, 15) is 22.4 Å². The summed E-state index contributed by atoms with van der Waals surface area (Å²) in [6.07, 6.45) is 3.79. The number of oxazole rings is 1. The molecule has 5 aromatic rings. The smallest absolute Gasteiger partial charge is 0.465 e. The Balaban J connectivity index is 0.000000265. The number of carboxylic acid groups (broad SMARTS) is 1. The van der Waals surface area contributed by atoms with Crippen LogP contribution in [0.4, 0.5) is 27.5 Å². The van der Waals surface area contributed by atoms with E-state index in [0.29, 0.717) is 5.56 Å². The molecule has 0 spiro atoms. The highest BCUT2D eigenvalue weighted by Gasteiger charge is 2.28. The summed E-state index contributed by atoms with van der Waals surface area (Å²) in [5, 5.41) is 34.9. The maximum atomic E-state index is 12.5. The van der Waals surface area contributed by atoms with Gasteiger partial charge in [0.2, 0.25) is 0 Å². The van der Waals surface area contributed by atoms with Crippen LogP contribution in [0.1, 0.15) is 56.2 Å². The molecule has 0 bridgehead atoms. The number of hydrogen-bond donors (Lipinski definition) is 7. The van der Waals surface area contributed by atoms with Crippen molar-refractivity contribution in [3.8, 4) is 21.8 Å². The fourth-order valence-electron chi connectivity index (χ4n) is 5.12. The maximum Gasteiger partial charge on any atom is 0.522 e. The average Bonchev–Trinajstić information content (AvgIpc) is 4.09. The van der Waals surface area contributed by atoms with Gasteiger partial charge < -0.3 is 46.3 Å². The van der Waals surface area contributed by atoms with Crippen LogP contribution in [0.25, 0.3) is 21.8 Å². The molecule has 348 valence electrons. The molecule has 13 nitrogen and oxygen atoms in total. The molecule has 63 heavy (non-hydrogen) atoms. The number of anilines is 1. The first kappa shape index (κ1) is 54.2. The van der Waals surface area contributed by atoms with Gasteiger partial charge in [0.1, 0.15) is 5.82 Å². The number of rotatable bonds is 7. The molecule has 3 fully saturated rings. The summed E-state index contributed by atoms with van der Waals surface area (Å²) >= 11 is 1.79. The zero-order chi connectivity index (χ0) is 46.5. The number of halogens is 4. The number of carbonyl (C=O) groups is 1. The van der Waals surface area contributed by atoms with Crippen LogP contribution < -0.4 is 26.6 Å². The van der Waals surface area contributed by atoms with Crippen molar-refractivity contribution in [3.63, 3.8) is 0 Å². The Morgan fingerprint density at radius 3 is 1.89 bits per heavy atom. The SMILES string of the molecule is CCC.Cc1ccc(-c2cnc(N3CCC3)s2)cc1.Cc1ccc(-c2cnco2)cc1.NCCOC(F)(F)F.O=C(O)NCc1cccc(F)c1.OC1CCNC1.OC1CCNC1. The number of hydrogen-bond acceptors (Lipinski definition) is 12. The fraction of sp³-hybridized carbons (Fsp3) is 0.444. The van der Waals surface area contributed by atoms with Crippen molar-refractivity contribution in [3.05, 3.63) is 114 Å². The maximum absolute atomic E-state index is 12.5. The quantitative estimate of drug-likeness (QED) is 0.0778. The fourth-order valence-corrected chi connectivity index (χ4v) is 6.10. The molecule has 0 radical (unpaired) electrons. The number of amides is 1. The molecule has 3 aliphatic rings. The van der Waals surface area contributed by atoms with Gasteiger partial charge in [0, 0.05) is 51.0 Å². The summed E-state index contributed by atoms with van der Waals surface area (Å²) in [5.74, 6) is 0.453. The summed E-state index contributed by atoms with van der Waals surface area (Å²) in [6.45, 7) is 13.9. The van der Waals surface area contributed by atoms with E-state index in [-0.39, 0.29) is 31.1 Å². The highest BCUT2D eigenvalue weighted by molar-refractivity contribution is 7.18. The van der Waals surface area contributed by atoms with Gasteiger partial charge in [0.15, 0.2) is 17.3 Å². The topological polar surface area (TPSA) is 191 Å². The third-order valence-electron chi connectivity index (χ3n) is 8.51. The number of nitrogens with one attached hydrogen (secondary N) is 3. The number of aliphatic hydroxyl groups is 2.